The summed E-state index contributed by atoms with van der Waals surface area (Å²) in [6.45, 7) is -0.410. The van der Waals surface area contributed by atoms with E-state index >= 15 is 0 Å². The van der Waals surface area contributed by atoms with Crippen LogP contribution < -0.4 is 4.72 Å². The molecule has 0 bridgehead atoms. The second kappa shape index (κ2) is 6.63. The Morgan fingerprint density at radius 2 is 1.95 bits per heavy atom. The molecule has 118 valence electrons. The van der Waals surface area contributed by atoms with Crippen molar-refractivity contribution in [2.75, 3.05) is 6.54 Å². The van der Waals surface area contributed by atoms with Gasteiger partial charge >= 0.3 is 12.1 Å². The quantitative estimate of drug-likeness (QED) is 0.776. The average molecular weight is 346 g/mol. The van der Waals surface area contributed by atoms with Gasteiger partial charge in [0.15, 0.2) is 0 Å². The van der Waals surface area contributed by atoms with Crippen molar-refractivity contribution in [3.8, 4) is 0 Å². The number of nitrogens with one attached hydrogen (secondary N) is 1. The zero-order chi connectivity index (χ0) is 16.3. The van der Waals surface area contributed by atoms with Crippen LogP contribution in [0.3, 0.4) is 0 Å². The molecule has 0 fully saturated rings. The highest BCUT2D eigenvalue weighted by Gasteiger charge is 2.26. The monoisotopic (exact) mass is 345 g/mol. The standard InChI is InChI=1S/C11H11ClF3NO4S/c12-9-3-2-7(6-8(9)10(17)18)21(19,20)16-5-1-4-11(13,14)15/h2-3,6,16H,1,4-5H2,(H,17,18). The van der Waals surface area contributed by atoms with Crippen LogP contribution in [0.1, 0.15) is 23.2 Å². The zero-order valence-corrected chi connectivity index (χ0v) is 12.0. The van der Waals surface area contributed by atoms with E-state index in [4.69, 9.17) is 16.7 Å². The summed E-state index contributed by atoms with van der Waals surface area (Å²) < 4.78 is 61.4. The summed E-state index contributed by atoms with van der Waals surface area (Å²) in [5, 5.41) is 8.69. The second-order valence-corrected chi connectivity index (χ2v) is 6.24. The molecule has 0 unspecified atom stereocenters. The number of carboxylic acids is 1. The third kappa shape index (κ3) is 5.52. The Labute approximate surface area is 123 Å². The van der Waals surface area contributed by atoms with Crippen molar-refractivity contribution < 1.29 is 31.5 Å². The lowest BCUT2D eigenvalue weighted by Crippen LogP contribution is -2.26. The molecule has 1 aromatic carbocycles. The lowest BCUT2D eigenvalue weighted by molar-refractivity contribution is -0.135. The third-order valence-electron chi connectivity index (χ3n) is 2.41. The highest BCUT2D eigenvalue weighted by Crippen LogP contribution is 2.22. The molecule has 0 saturated heterocycles. The Kier molecular flexibility index (Phi) is 5.60. The molecule has 0 heterocycles. The molecule has 1 rings (SSSR count). The molecule has 0 aromatic heterocycles. The van der Waals surface area contributed by atoms with Crippen molar-refractivity contribution >= 4 is 27.6 Å². The summed E-state index contributed by atoms with van der Waals surface area (Å²) in [6, 6.07) is 3.01. The van der Waals surface area contributed by atoms with E-state index in [-0.39, 0.29) is 9.92 Å². The first-order valence-electron chi connectivity index (χ1n) is 5.62. The first-order valence-corrected chi connectivity index (χ1v) is 7.48. The fourth-order valence-electron chi connectivity index (χ4n) is 1.41. The van der Waals surface area contributed by atoms with Crippen molar-refractivity contribution in [3.05, 3.63) is 28.8 Å². The molecular weight excluding hydrogens is 335 g/mol. The number of halogens is 4. The molecule has 0 saturated carbocycles. The third-order valence-corrected chi connectivity index (χ3v) is 4.20. The molecule has 0 aliphatic carbocycles. The Morgan fingerprint density at radius 1 is 1.33 bits per heavy atom. The van der Waals surface area contributed by atoms with Gasteiger partial charge in [0.05, 0.1) is 15.5 Å². The lowest BCUT2D eigenvalue weighted by Gasteiger charge is -2.09. The van der Waals surface area contributed by atoms with Crippen LogP contribution in [0.4, 0.5) is 13.2 Å². The number of sulfonamides is 1. The van der Waals surface area contributed by atoms with Crippen molar-refractivity contribution in [1.29, 1.82) is 0 Å². The van der Waals surface area contributed by atoms with Crippen LogP contribution in [0.5, 0.6) is 0 Å². The summed E-state index contributed by atoms with van der Waals surface area (Å²) >= 11 is 5.60. The van der Waals surface area contributed by atoms with Gasteiger partial charge in [0.25, 0.3) is 0 Å². The first-order chi connectivity index (χ1) is 9.53. The molecule has 0 aliphatic rings. The van der Waals surface area contributed by atoms with E-state index < -0.39 is 47.1 Å². The van der Waals surface area contributed by atoms with Gasteiger partial charge in [-0.05, 0) is 24.6 Å². The van der Waals surface area contributed by atoms with Crippen LogP contribution in [0.25, 0.3) is 0 Å². The van der Waals surface area contributed by atoms with E-state index in [9.17, 15) is 26.4 Å². The number of aromatic carboxylic acids is 1. The van der Waals surface area contributed by atoms with E-state index in [1.54, 1.807) is 0 Å². The summed E-state index contributed by atoms with van der Waals surface area (Å²) in [5.74, 6) is -1.41. The number of alkyl halides is 3. The van der Waals surface area contributed by atoms with Crippen LogP contribution in [0.15, 0.2) is 23.1 Å². The molecule has 0 atom stereocenters. The summed E-state index contributed by atoms with van der Waals surface area (Å²) in [6.07, 6.45) is -5.89. The van der Waals surface area contributed by atoms with Gasteiger partial charge < -0.3 is 5.11 Å². The number of rotatable bonds is 6. The average Bonchev–Trinajstić information content (AvgIpc) is 2.33. The number of benzene rings is 1. The maximum atomic E-state index is 11.9. The molecule has 0 amide bonds. The predicted molar refractivity (Wildman–Crippen MR) is 68.9 cm³/mol. The van der Waals surface area contributed by atoms with Crippen LogP contribution in [0, 0.1) is 0 Å². The molecular formula is C11H11ClF3NO4S. The van der Waals surface area contributed by atoms with Gasteiger partial charge in [-0.15, -0.1) is 0 Å². The van der Waals surface area contributed by atoms with E-state index in [0.717, 1.165) is 18.2 Å². The molecule has 2 N–H and O–H groups in total. The highest BCUT2D eigenvalue weighted by molar-refractivity contribution is 7.89. The summed E-state index contributed by atoms with van der Waals surface area (Å²) in [5.41, 5.74) is -0.408. The van der Waals surface area contributed by atoms with Crippen LogP contribution in [0.2, 0.25) is 5.02 Å². The second-order valence-electron chi connectivity index (χ2n) is 4.06. The maximum absolute atomic E-state index is 11.9. The van der Waals surface area contributed by atoms with E-state index in [0.29, 0.717) is 0 Å². The lowest BCUT2D eigenvalue weighted by atomic mass is 10.2. The Morgan fingerprint density at radius 3 is 2.48 bits per heavy atom. The molecule has 0 radical (unpaired) electrons. The van der Waals surface area contributed by atoms with E-state index in [2.05, 4.69) is 0 Å². The number of hydrogen-bond acceptors (Lipinski definition) is 3. The van der Waals surface area contributed by atoms with E-state index in [1.165, 1.54) is 0 Å². The first kappa shape index (κ1) is 17.7. The highest BCUT2D eigenvalue weighted by atomic mass is 35.5. The molecule has 5 nitrogen and oxygen atoms in total. The normalized spacial score (nSPS) is 12.4. The van der Waals surface area contributed by atoms with Gasteiger partial charge in [-0.2, -0.15) is 13.2 Å². The molecule has 10 heteroatoms. The van der Waals surface area contributed by atoms with Crippen molar-refractivity contribution in [2.24, 2.45) is 0 Å². The van der Waals surface area contributed by atoms with Crippen molar-refractivity contribution in [2.45, 2.75) is 23.9 Å². The van der Waals surface area contributed by atoms with Crippen LogP contribution >= 0.6 is 11.6 Å². The van der Waals surface area contributed by atoms with E-state index in [1.807, 2.05) is 4.72 Å². The Bertz CT molecular complexity index is 631. The molecule has 1 aromatic rings. The zero-order valence-electron chi connectivity index (χ0n) is 10.4. The van der Waals surface area contributed by atoms with Crippen LogP contribution in [-0.4, -0.2) is 32.2 Å². The molecule has 0 aliphatic heterocycles. The number of hydrogen-bond donors (Lipinski definition) is 2. The summed E-state index contributed by atoms with van der Waals surface area (Å²) in [7, 11) is -4.09. The van der Waals surface area contributed by atoms with Crippen molar-refractivity contribution in [1.82, 2.24) is 4.72 Å². The number of carbonyl (C=O) groups is 1. The minimum atomic E-state index is -4.36. The van der Waals surface area contributed by atoms with Gasteiger partial charge in [-0.3, -0.25) is 0 Å². The van der Waals surface area contributed by atoms with Gasteiger partial charge in [0.1, 0.15) is 0 Å². The van der Waals surface area contributed by atoms with Crippen LogP contribution in [-0.2, 0) is 10.0 Å². The number of carboxylic acid groups (broad SMARTS) is 1. The molecule has 0 spiro atoms. The Hall–Kier alpha value is -1.32. The van der Waals surface area contributed by atoms with Gasteiger partial charge in [0, 0.05) is 13.0 Å². The maximum Gasteiger partial charge on any atom is 0.389 e. The van der Waals surface area contributed by atoms with Gasteiger partial charge in [-0.1, -0.05) is 11.6 Å². The minimum Gasteiger partial charge on any atom is -0.478 e. The minimum absolute atomic E-state index is 0.140. The topological polar surface area (TPSA) is 83.5 Å². The smallest absolute Gasteiger partial charge is 0.389 e. The Balaban J connectivity index is 2.79. The fraction of sp³-hybridized carbons (Fsp3) is 0.364. The van der Waals surface area contributed by atoms with Crippen molar-refractivity contribution in [3.63, 3.8) is 0 Å². The summed E-state index contributed by atoms with van der Waals surface area (Å²) in [4.78, 5) is 10.5. The van der Waals surface area contributed by atoms with Gasteiger partial charge in [0.2, 0.25) is 10.0 Å². The molecule has 21 heavy (non-hydrogen) atoms. The largest absolute Gasteiger partial charge is 0.478 e. The SMILES string of the molecule is O=C(O)c1cc(S(=O)(=O)NCCCC(F)(F)F)ccc1Cl. The van der Waals surface area contributed by atoms with Gasteiger partial charge in [-0.25, -0.2) is 17.9 Å². The predicted octanol–water partition coefficient (Wildman–Crippen LogP) is 2.66. The fourth-order valence-corrected chi connectivity index (χ4v) is 2.71.